The number of nitrogens with two attached hydrogens (primary N) is 1. The number of halogens is 4. The molecule has 0 bridgehead atoms. The number of ether oxygens (including phenoxy) is 1. The van der Waals surface area contributed by atoms with Crippen LogP contribution in [0.1, 0.15) is 68.1 Å². The van der Waals surface area contributed by atoms with Crippen molar-refractivity contribution in [3.8, 4) is 16.9 Å². The lowest BCUT2D eigenvalue weighted by atomic mass is 9.67. The number of hydrogen-bond acceptors (Lipinski definition) is 4. The molecule has 1 heterocycles. The van der Waals surface area contributed by atoms with Crippen molar-refractivity contribution in [2.24, 2.45) is 17.1 Å². The number of carbonyl (C=O) groups is 2. The predicted octanol–water partition coefficient (Wildman–Crippen LogP) is 6.43. The molecule has 42 heavy (non-hydrogen) atoms. The fourth-order valence-corrected chi connectivity index (χ4v) is 5.83. The minimum atomic E-state index is -4.15. The molecule has 2 fully saturated rings. The molecule has 0 unspecified atom stereocenters. The highest BCUT2D eigenvalue weighted by molar-refractivity contribution is 5.94. The zero-order chi connectivity index (χ0) is 30.3. The largest absolute Gasteiger partial charge is 0.490 e. The Balaban J connectivity index is 1.23. The zero-order valence-corrected chi connectivity index (χ0v) is 24.2. The molecule has 1 aliphatic heterocycles. The van der Waals surface area contributed by atoms with Gasteiger partial charge in [-0.05, 0) is 92.9 Å². The topological polar surface area (TPSA) is 75.9 Å². The quantitative estimate of drug-likeness (QED) is 0.215. The molecule has 6 nitrogen and oxygen atoms in total. The van der Waals surface area contributed by atoms with Crippen LogP contribution in [0.5, 0.6) is 5.75 Å². The summed E-state index contributed by atoms with van der Waals surface area (Å²) < 4.78 is 61.2. The highest BCUT2D eigenvalue weighted by Gasteiger charge is 2.58. The van der Waals surface area contributed by atoms with E-state index in [4.69, 9.17) is 10.5 Å². The average Bonchev–Trinajstić information content (AvgIpc) is 2.93. The first kappa shape index (κ1) is 31.8. The highest BCUT2D eigenvalue weighted by Crippen LogP contribution is 2.53. The molecule has 1 saturated heterocycles. The van der Waals surface area contributed by atoms with E-state index in [0.29, 0.717) is 56.6 Å². The summed E-state index contributed by atoms with van der Waals surface area (Å²) in [6.07, 6.45) is 1.03. The molecule has 230 valence electrons. The number of alkyl halides is 3. The van der Waals surface area contributed by atoms with Crippen LogP contribution in [-0.2, 0) is 4.79 Å². The van der Waals surface area contributed by atoms with Gasteiger partial charge >= 0.3 is 6.18 Å². The second kappa shape index (κ2) is 13.9. The molecule has 1 aliphatic carbocycles. The lowest BCUT2D eigenvalue weighted by Crippen LogP contribution is -2.53. The van der Waals surface area contributed by atoms with E-state index < -0.39 is 17.4 Å². The van der Waals surface area contributed by atoms with Gasteiger partial charge in [0.15, 0.2) is 11.6 Å². The molecule has 0 atom stereocenters. The lowest BCUT2D eigenvalue weighted by Gasteiger charge is -2.47. The Morgan fingerprint density at radius 3 is 2.26 bits per heavy atom. The van der Waals surface area contributed by atoms with E-state index >= 15 is 0 Å². The standard InChI is InChI=1S/C32H41F4N3O3/c1-38(17-4-2-3-6-29(37)40)30(41)25-9-7-24(8-10-25)26-11-12-28(27(33)20-26)42-21-23-13-18-39(19-14-23)22-31(15-5-16-31)32(34,35)36/h7-12,20,23H,2-6,13-19,21-22H2,1H3,(H2,37,40). The Labute approximate surface area is 245 Å². The van der Waals surface area contributed by atoms with E-state index in [-0.39, 0.29) is 42.9 Å². The summed E-state index contributed by atoms with van der Waals surface area (Å²) in [7, 11) is 1.74. The Morgan fingerprint density at radius 2 is 1.69 bits per heavy atom. The van der Waals surface area contributed by atoms with Gasteiger partial charge in [-0.3, -0.25) is 9.59 Å². The predicted molar refractivity (Wildman–Crippen MR) is 153 cm³/mol. The number of carbonyl (C=O) groups excluding carboxylic acids is 2. The third-order valence-corrected chi connectivity index (χ3v) is 8.78. The van der Waals surface area contributed by atoms with Gasteiger partial charge in [0.25, 0.3) is 5.91 Å². The molecule has 2 aromatic rings. The van der Waals surface area contributed by atoms with E-state index in [0.717, 1.165) is 31.2 Å². The molecule has 1 saturated carbocycles. The number of likely N-dealkylation sites (tertiary alicyclic amines) is 1. The number of piperidine rings is 1. The van der Waals surface area contributed by atoms with Crippen molar-refractivity contribution in [3.63, 3.8) is 0 Å². The molecule has 4 rings (SSSR count). The van der Waals surface area contributed by atoms with Crippen LogP contribution >= 0.6 is 0 Å². The van der Waals surface area contributed by atoms with E-state index in [2.05, 4.69) is 0 Å². The Bertz CT molecular complexity index is 1210. The van der Waals surface area contributed by atoms with E-state index in [1.807, 2.05) is 4.90 Å². The number of primary amides is 1. The van der Waals surface area contributed by atoms with Gasteiger partial charge in [-0.2, -0.15) is 13.2 Å². The van der Waals surface area contributed by atoms with Crippen LogP contribution in [0.4, 0.5) is 17.6 Å². The van der Waals surface area contributed by atoms with Crippen LogP contribution < -0.4 is 10.5 Å². The van der Waals surface area contributed by atoms with Gasteiger partial charge in [0.2, 0.25) is 5.91 Å². The normalized spacial score (nSPS) is 17.5. The van der Waals surface area contributed by atoms with Crippen LogP contribution in [0.3, 0.4) is 0 Å². The smallest absolute Gasteiger partial charge is 0.395 e. The fraction of sp³-hybridized carbons (Fsp3) is 0.562. The van der Waals surface area contributed by atoms with Crippen molar-refractivity contribution in [1.82, 2.24) is 9.80 Å². The van der Waals surface area contributed by atoms with Gasteiger partial charge in [-0.15, -0.1) is 0 Å². The Morgan fingerprint density at radius 1 is 1.02 bits per heavy atom. The molecule has 2 N–H and O–H groups in total. The molecule has 0 radical (unpaired) electrons. The SMILES string of the molecule is CN(CCCCCC(N)=O)C(=O)c1ccc(-c2ccc(OCC3CCN(CC4(C(F)(F)F)CCC4)CC3)c(F)c2)cc1. The van der Waals surface area contributed by atoms with Crippen LogP contribution in [0, 0.1) is 17.2 Å². The maximum Gasteiger partial charge on any atom is 0.395 e. The first-order valence-corrected chi connectivity index (χ1v) is 14.8. The lowest BCUT2D eigenvalue weighted by molar-refractivity contribution is -0.256. The summed E-state index contributed by atoms with van der Waals surface area (Å²) in [4.78, 5) is 27.1. The number of amides is 2. The summed E-state index contributed by atoms with van der Waals surface area (Å²) >= 11 is 0. The van der Waals surface area contributed by atoms with Gasteiger partial charge in [-0.25, -0.2) is 4.39 Å². The molecule has 2 aromatic carbocycles. The first-order chi connectivity index (χ1) is 20.0. The van der Waals surface area contributed by atoms with Gasteiger partial charge in [0.1, 0.15) is 0 Å². The van der Waals surface area contributed by atoms with Crippen LogP contribution in [0.25, 0.3) is 11.1 Å². The molecule has 10 heteroatoms. The minimum absolute atomic E-state index is 0.0751. The van der Waals surface area contributed by atoms with Crippen molar-refractivity contribution in [1.29, 1.82) is 0 Å². The minimum Gasteiger partial charge on any atom is -0.490 e. The molecule has 0 spiro atoms. The monoisotopic (exact) mass is 591 g/mol. The number of hydrogen-bond donors (Lipinski definition) is 1. The van der Waals surface area contributed by atoms with Crippen LogP contribution in [0.15, 0.2) is 42.5 Å². The zero-order valence-electron chi connectivity index (χ0n) is 24.2. The highest BCUT2D eigenvalue weighted by atomic mass is 19.4. The summed E-state index contributed by atoms with van der Waals surface area (Å²) in [5.74, 6) is -0.599. The second-order valence-electron chi connectivity index (χ2n) is 11.9. The molecule has 2 amide bonds. The second-order valence-corrected chi connectivity index (χ2v) is 11.9. The molecule has 2 aliphatic rings. The van der Waals surface area contributed by atoms with Gasteiger partial charge in [0, 0.05) is 32.1 Å². The van der Waals surface area contributed by atoms with E-state index in [1.165, 1.54) is 6.07 Å². The maximum atomic E-state index is 14.9. The van der Waals surface area contributed by atoms with Gasteiger partial charge < -0.3 is 20.3 Å². The summed E-state index contributed by atoms with van der Waals surface area (Å²) in [6.45, 7) is 2.16. The fourth-order valence-electron chi connectivity index (χ4n) is 5.83. The van der Waals surface area contributed by atoms with Crippen molar-refractivity contribution >= 4 is 11.8 Å². The number of nitrogens with zero attached hydrogens (tertiary/aromatic N) is 2. The Hall–Kier alpha value is -3.14. The van der Waals surface area contributed by atoms with Gasteiger partial charge in [0.05, 0.1) is 12.0 Å². The van der Waals surface area contributed by atoms with E-state index in [1.54, 1.807) is 48.3 Å². The van der Waals surface area contributed by atoms with E-state index in [9.17, 15) is 27.2 Å². The van der Waals surface area contributed by atoms with Crippen molar-refractivity contribution in [3.05, 3.63) is 53.8 Å². The third-order valence-electron chi connectivity index (χ3n) is 8.78. The van der Waals surface area contributed by atoms with Gasteiger partial charge in [-0.1, -0.05) is 31.0 Å². The van der Waals surface area contributed by atoms with Crippen molar-refractivity contribution in [2.45, 2.75) is 64.0 Å². The Kier molecular flexibility index (Phi) is 10.5. The molecular weight excluding hydrogens is 550 g/mol. The average molecular weight is 592 g/mol. The summed E-state index contributed by atoms with van der Waals surface area (Å²) in [5, 5.41) is 0. The van der Waals surface area contributed by atoms with Crippen molar-refractivity contribution < 1.29 is 31.9 Å². The number of benzene rings is 2. The summed E-state index contributed by atoms with van der Waals surface area (Å²) in [5.41, 5.74) is 5.56. The first-order valence-electron chi connectivity index (χ1n) is 14.8. The molecular formula is C32H41F4N3O3. The number of unbranched alkanes of at least 4 members (excludes halogenated alkanes) is 2. The van der Waals surface area contributed by atoms with Crippen LogP contribution in [0.2, 0.25) is 0 Å². The molecule has 0 aromatic heterocycles. The van der Waals surface area contributed by atoms with Crippen LogP contribution in [-0.4, -0.2) is 67.6 Å². The third kappa shape index (κ3) is 8.02. The maximum absolute atomic E-state index is 14.9. The van der Waals surface area contributed by atoms with Crippen molar-refractivity contribution in [2.75, 3.05) is 39.8 Å². The summed E-state index contributed by atoms with van der Waals surface area (Å²) in [6, 6.07) is 11.8. The number of rotatable bonds is 13.